The quantitative estimate of drug-likeness (QED) is 0.689. The second-order valence-electron chi connectivity index (χ2n) is 4.18. The maximum absolute atomic E-state index is 11.7. The van der Waals surface area contributed by atoms with Gasteiger partial charge in [0.15, 0.2) is 0 Å². The number of hydrogen-bond acceptors (Lipinski definition) is 2. The Labute approximate surface area is 97.6 Å². The molecule has 88 valence electrons. The van der Waals surface area contributed by atoms with Crippen molar-refractivity contribution in [3.8, 4) is 0 Å². The van der Waals surface area contributed by atoms with Gasteiger partial charge in [0.2, 0.25) is 0 Å². The van der Waals surface area contributed by atoms with E-state index in [4.69, 9.17) is 4.74 Å². The summed E-state index contributed by atoms with van der Waals surface area (Å²) in [7, 11) is 1.66. The molecule has 0 bridgehead atoms. The second kappa shape index (κ2) is 6.44. The van der Waals surface area contributed by atoms with Gasteiger partial charge in [0.05, 0.1) is 0 Å². The summed E-state index contributed by atoms with van der Waals surface area (Å²) >= 11 is 0. The van der Waals surface area contributed by atoms with E-state index in [2.05, 4.69) is 26.0 Å². The van der Waals surface area contributed by atoms with Gasteiger partial charge in [-0.1, -0.05) is 18.2 Å². The first-order valence-corrected chi connectivity index (χ1v) is 5.71. The normalized spacial score (nSPS) is 10.4. The molecule has 1 aromatic rings. The zero-order valence-corrected chi connectivity index (χ0v) is 10.4. The maximum Gasteiger partial charge on any atom is 0.137 e. The van der Waals surface area contributed by atoms with Crippen LogP contribution in [-0.4, -0.2) is 19.5 Å². The van der Waals surface area contributed by atoms with Gasteiger partial charge in [-0.2, -0.15) is 0 Å². The van der Waals surface area contributed by atoms with Crippen LogP contribution in [0.5, 0.6) is 0 Å². The van der Waals surface area contributed by atoms with Crippen molar-refractivity contribution in [2.75, 3.05) is 13.7 Å². The van der Waals surface area contributed by atoms with Crippen molar-refractivity contribution in [1.82, 2.24) is 0 Å². The van der Waals surface area contributed by atoms with E-state index in [0.717, 1.165) is 6.42 Å². The summed E-state index contributed by atoms with van der Waals surface area (Å²) in [6.45, 7) is 4.79. The lowest BCUT2D eigenvalue weighted by molar-refractivity contribution is -0.118. The number of hydrogen-bond donors (Lipinski definition) is 0. The van der Waals surface area contributed by atoms with Crippen LogP contribution >= 0.6 is 0 Å². The lowest BCUT2D eigenvalue weighted by Crippen LogP contribution is -2.06. The van der Waals surface area contributed by atoms with Gasteiger partial charge in [-0.15, -0.1) is 0 Å². The molecule has 16 heavy (non-hydrogen) atoms. The number of carbonyl (C=O) groups excluding carboxylic acids is 1. The van der Waals surface area contributed by atoms with Crippen molar-refractivity contribution in [3.63, 3.8) is 0 Å². The monoisotopic (exact) mass is 220 g/mol. The summed E-state index contributed by atoms with van der Waals surface area (Å²) in [4.78, 5) is 11.7. The first-order chi connectivity index (χ1) is 7.65. The molecule has 0 fully saturated rings. The summed E-state index contributed by atoms with van der Waals surface area (Å²) in [5.41, 5.74) is 3.60. The Bertz CT molecular complexity index is 336. The van der Waals surface area contributed by atoms with Crippen molar-refractivity contribution >= 4 is 5.78 Å². The minimum atomic E-state index is 0.300. The van der Waals surface area contributed by atoms with Crippen LogP contribution in [0.3, 0.4) is 0 Å². The predicted molar refractivity (Wildman–Crippen MR) is 65.7 cm³/mol. The number of rotatable bonds is 6. The minimum Gasteiger partial charge on any atom is -0.385 e. The van der Waals surface area contributed by atoms with Crippen molar-refractivity contribution < 1.29 is 9.53 Å². The third kappa shape index (κ3) is 3.78. The van der Waals surface area contributed by atoms with E-state index in [1.54, 1.807) is 7.11 Å². The third-order valence-corrected chi connectivity index (χ3v) is 2.82. The molecule has 2 heteroatoms. The van der Waals surface area contributed by atoms with Gasteiger partial charge in [0.1, 0.15) is 5.78 Å². The molecule has 0 heterocycles. The van der Waals surface area contributed by atoms with Crippen LogP contribution in [0.1, 0.15) is 29.5 Å². The van der Waals surface area contributed by atoms with Crippen molar-refractivity contribution in [2.45, 2.75) is 33.1 Å². The Morgan fingerprint density at radius 1 is 1.25 bits per heavy atom. The SMILES string of the molecule is COCCCC(=O)Cc1c(C)cccc1C. The Hall–Kier alpha value is -1.15. The maximum atomic E-state index is 11.7. The van der Waals surface area contributed by atoms with Gasteiger partial charge in [0.25, 0.3) is 0 Å². The highest BCUT2D eigenvalue weighted by Crippen LogP contribution is 2.15. The van der Waals surface area contributed by atoms with E-state index in [-0.39, 0.29) is 0 Å². The number of ether oxygens (including phenoxy) is 1. The van der Waals surface area contributed by atoms with Gasteiger partial charge in [-0.25, -0.2) is 0 Å². The van der Waals surface area contributed by atoms with Gasteiger partial charge in [-0.3, -0.25) is 4.79 Å². The van der Waals surface area contributed by atoms with E-state index in [1.165, 1.54) is 16.7 Å². The highest BCUT2D eigenvalue weighted by Gasteiger charge is 2.08. The zero-order valence-electron chi connectivity index (χ0n) is 10.4. The van der Waals surface area contributed by atoms with E-state index in [1.807, 2.05) is 6.07 Å². The standard InChI is InChI=1S/C14H20O2/c1-11-6-4-7-12(2)14(11)10-13(15)8-5-9-16-3/h4,6-7H,5,8-10H2,1-3H3. The zero-order chi connectivity index (χ0) is 12.0. The predicted octanol–water partition coefficient (Wildman–Crippen LogP) is 2.84. The molecule has 1 rings (SSSR count). The highest BCUT2D eigenvalue weighted by atomic mass is 16.5. The summed E-state index contributed by atoms with van der Waals surface area (Å²) in [6, 6.07) is 6.15. The van der Waals surface area contributed by atoms with Gasteiger partial charge < -0.3 is 4.74 Å². The van der Waals surface area contributed by atoms with Crippen LogP contribution in [0.4, 0.5) is 0 Å². The number of aryl methyl sites for hydroxylation is 2. The number of benzene rings is 1. The lowest BCUT2D eigenvalue weighted by Gasteiger charge is -2.08. The molecule has 0 N–H and O–H groups in total. The van der Waals surface area contributed by atoms with Gasteiger partial charge in [-0.05, 0) is 37.0 Å². The van der Waals surface area contributed by atoms with E-state index in [0.29, 0.717) is 25.2 Å². The lowest BCUT2D eigenvalue weighted by atomic mass is 9.97. The fourth-order valence-electron chi connectivity index (χ4n) is 1.83. The molecule has 2 nitrogen and oxygen atoms in total. The van der Waals surface area contributed by atoms with E-state index in [9.17, 15) is 4.79 Å². The third-order valence-electron chi connectivity index (χ3n) is 2.82. The number of ketones is 1. The van der Waals surface area contributed by atoms with Crippen molar-refractivity contribution in [3.05, 3.63) is 34.9 Å². The molecule has 0 aromatic heterocycles. The summed E-state index contributed by atoms with van der Waals surface area (Å²) in [5.74, 6) is 0.300. The molecular formula is C14H20O2. The topological polar surface area (TPSA) is 26.3 Å². The minimum absolute atomic E-state index is 0.300. The van der Waals surface area contributed by atoms with Crippen molar-refractivity contribution in [1.29, 1.82) is 0 Å². The van der Waals surface area contributed by atoms with Crippen LogP contribution in [0.25, 0.3) is 0 Å². The molecule has 0 amide bonds. The highest BCUT2D eigenvalue weighted by molar-refractivity contribution is 5.81. The average Bonchev–Trinajstić information content (AvgIpc) is 2.24. The molecule has 0 radical (unpaired) electrons. The molecule has 1 aromatic carbocycles. The number of Topliss-reactive ketones (excluding diaryl/α,β-unsaturated/α-hetero) is 1. The molecule has 0 saturated heterocycles. The van der Waals surface area contributed by atoms with E-state index >= 15 is 0 Å². The second-order valence-corrected chi connectivity index (χ2v) is 4.18. The molecule has 0 atom stereocenters. The molecule has 0 saturated carbocycles. The van der Waals surface area contributed by atoms with Crippen LogP contribution in [0, 0.1) is 13.8 Å². The first-order valence-electron chi connectivity index (χ1n) is 5.71. The van der Waals surface area contributed by atoms with Crippen LogP contribution < -0.4 is 0 Å². The van der Waals surface area contributed by atoms with Gasteiger partial charge in [0, 0.05) is 26.6 Å². The molecule has 0 spiro atoms. The Balaban J connectivity index is 2.56. The number of carbonyl (C=O) groups is 1. The van der Waals surface area contributed by atoms with Gasteiger partial charge >= 0.3 is 0 Å². The van der Waals surface area contributed by atoms with Crippen LogP contribution in [0.2, 0.25) is 0 Å². The van der Waals surface area contributed by atoms with Crippen molar-refractivity contribution in [2.24, 2.45) is 0 Å². The fraction of sp³-hybridized carbons (Fsp3) is 0.500. The summed E-state index contributed by atoms with van der Waals surface area (Å²) < 4.78 is 4.94. The number of methoxy groups -OCH3 is 1. The first kappa shape index (κ1) is 12.9. The smallest absolute Gasteiger partial charge is 0.137 e. The summed E-state index contributed by atoms with van der Waals surface area (Å²) in [6.07, 6.45) is 1.99. The molecule has 0 aliphatic rings. The molecule has 0 aliphatic heterocycles. The molecular weight excluding hydrogens is 200 g/mol. The summed E-state index contributed by atoms with van der Waals surface area (Å²) in [5, 5.41) is 0. The molecule has 0 aliphatic carbocycles. The average molecular weight is 220 g/mol. The van der Waals surface area contributed by atoms with E-state index < -0.39 is 0 Å². The Morgan fingerprint density at radius 2 is 1.88 bits per heavy atom. The molecule has 0 unspecified atom stereocenters. The van der Waals surface area contributed by atoms with Crippen LogP contribution in [-0.2, 0) is 16.0 Å². The Kier molecular flexibility index (Phi) is 5.20. The largest absolute Gasteiger partial charge is 0.385 e. The Morgan fingerprint density at radius 3 is 2.44 bits per heavy atom. The fourth-order valence-corrected chi connectivity index (χ4v) is 1.83. The van der Waals surface area contributed by atoms with Crippen LogP contribution in [0.15, 0.2) is 18.2 Å².